The van der Waals surface area contributed by atoms with Crippen molar-refractivity contribution < 1.29 is 4.74 Å². The van der Waals surface area contributed by atoms with E-state index in [4.69, 9.17) is 4.74 Å². The maximum Gasteiger partial charge on any atom is 0.193 e. The van der Waals surface area contributed by atoms with Gasteiger partial charge in [-0.1, -0.05) is 18.2 Å². The first-order chi connectivity index (χ1) is 11.6. The second-order valence-corrected chi connectivity index (χ2v) is 5.77. The summed E-state index contributed by atoms with van der Waals surface area (Å²) in [6.45, 7) is 1.62. The van der Waals surface area contributed by atoms with Crippen LogP contribution in [0.15, 0.2) is 41.7 Å². The first-order valence-electron chi connectivity index (χ1n) is 8.15. The lowest BCUT2D eigenvalue weighted by Gasteiger charge is -2.23. The van der Waals surface area contributed by atoms with E-state index in [9.17, 15) is 0 Å². The first-order valence-corrected chi connectivity index (χ1v) is 8.15. The van der Waals surface area contributed by atoms with Gasteiger partial charge in [0.15, 0.2) is 5.96 Å². The predicted molar refractivity (Wildman–Crippen MR) is 113 cm³/mol. The third-order valence-electron chi connectivity index (χ3n) is 3.86. The maximum atomic E-state index is 5.41. The summed E-state index contributed by atoms with van der Waals surface area (Å²) in [5, 5.41) is 7.60. The van der Waals surface area contributed by atoms with Crippen LogP contribution < -0.4 is 10.1 Å². The minimum atomic E-state index is 0. The van der Waals surface area contributed by atoms with Crippen molar-refractivity contribution >= 4 is 29.9 Å². The Morgan fingerprint density at radius 3 is 2.76 bits per heavy atom. The van der Waals surface area contributed by atoms with Crippen LogP contribution in [-0.2, 0) is 20.0 Å². The molecule has 0 atom stereocenters. The van der Waals surface area contributed by atoms with Crippen LogP contribution in [0.1, 0.15) is 17.5 Å². The van der Waals surface area contributed by atoms with E-state index in [1.54, 1.807) is 7.11 Å². The summed E-state index contributed by atoms with van der Waals surface area (Å²) >= 11 is 0. The molecule has 25 heavy (non-hydrogen) atoms. The molecule has 0 spiro atoms. The Kier molecular flexibility index (Phi) is 9.33. The number of methoxy groups -OCH3 is 1. The number of hydrogen-bond acceptors (Lipinski definition) is 3. The minimum Gasteiger partial charge on any atom is -0.496 e. The van der Waals surface area contributed by atoms with Crippen LogP contribution in [0.2, 0.25) is 0 Å². The van der Waals surface area contributed by atoms with E-state index in [-0.39, 0.29) is 24.0 Å². The fourth-order valence-corrected chi connectivity index (χ4v) is 2.64. The zero-order valence-electron chi connectivity index (χ0n) is 15.4. The number of aryl methyl sites for hydroxylation is 2. The lowest BCUT2D eigenvalue weighted by atomic mass is 10.2. The van der Waals surface area contributed by atoms with Crippen molar-refractivity contribution in [1.82, 2.24) is 20.0 Å². The first kappa shape index (κ1) is 21.3. The monoisotopic (exact) mass is 457 g/mol. The molecule has 0 fully saturated rings. The highest BCUT2D eigenvalue weighted by Crippen LogP contribution is 2.18. The molecular weight excluding hydrogens is 429 g/mol. The van der Waals surface area contributed by atoms with Crippen LogP contribution in [0.3, 0.4) is 0 Å². The molecule has 2 rings (SSSR count). The van der Waals surface area contributed by atoms with E-state index < -0.39 is 0 Å². The number of benzene rings is 1. The normalized spacial score (nSPS) is 11.0. The highest BCUT2D eigenvalue weighted by Gasteiger charge is 2.09. The van der Waals surface area contributed by atoms with E-state index in [0.29, 0.717) is 0 Å². The van der Waals surface area contributed by atoms with E-state index in [2.05, 4.69) is 32.6 Å². The van der Waals surface area contributed by atoms with Gasteiger partial charge in [0, 0.05) is 46.0 Å². The Balaban J connectivity index is 0.00000312. The van der Waals surface area contributed by atoms with Gasteiger partial charge in [-0.05, 0) is 24.5 Å². The molecule has 2 aromatic rings. The molecular formula is C18H28IN5O. The molecule has 7 heteroatoms. The summed E-state index contributed by atoms with van der Waals surface area (Å²) in [7, 11) is 7.48. The average Bonchev–Trinajstić information content (AvgIpc) is 3.00. The molecule has 0 unspecified atom stereocenters. The Hall–Kier alpha value is -1.77. The van der Waals surface area contributed by atoms with Crippen LogP contribution >= 0.6 is 24.0 Å². The standard InChI is InChI=1S/C18H27N5O.HI/c1-19-18(20-11-7-8-15-12-21-23(3)13-15)22(2)14-16-9-5-6-10-17(16)24-4;/h5-6,9-10,12-13H,7-8,11,14H2,1-4H3,(H,19,20);1H. The fourth-order valence-electron chi connectivity index (χ4n) is 2.64. The summed E-state index contributed by atoms with van der Waals surface area (Å²) in [5.74, 6) is 1.78. The third-order valence-corrected chi connectivity index (χ3v) is 3.86. The van der Waals surface area contributed by atoms with Crippen molar-refractivity contribution in [2.24, 2.45) is 12.0 Å². The molecule has 0 saturated heterocycles. The Bertz CT molecular complexity index is 671. The molecule has 0 saturated carbocycles. The summed E-state index contributed by atoms with van der Waals surface area (Å²) in [5.41, 5.74) is 2.40. The topological polar surface area (TPSA) is 54.7 Å². The number of nitrogens with zero attached hydrogens (tertiary/aromatic N) is 4. The Morgan fingerprint density at radius 1 is 1.36 bits per heavy atom. The molecule has 0 aliphatic carbocycles. The maximum absolute atomic E-state index is 5.41. The summed E-state index contributed by atoms with van der Waals surface area (Å²) in [6.07, 6.45) is 6.02. The zero-order chi connectivity index (χ0) is 17.4. The number of guanidine groups is 1. The SMILES string of the molecule is CN=C(NCCCc1cnn(C)c1)N(C)Cc1ccccc1OC.I. The van der Waals surface area contributed by atoms with Crippen molar-refractivity contribution in [1.29, 1.82) is 0 Å². The molecule has 0 radical (unpaired) electrons. The van der Waals surface area contributed by atoms with Crippen LogP contribution in [0.5, 0.6) is 5.75 Å². The van der Waals surface area contributed by atoms with Gasteiger partial charge in [0.25, 0.3) is 0 Å². The van der Waals surface area contributed by atoms with Gasteiger partial charge in [0.1, 0.15) is 5.75 Å². The van der Waals surface area contributed by atoms with Crippen LogP contribution in [-0.4, -0.2) is 48.4 Å². The quantitative estimate of drug-likeness (QED) is 0.301. The largest absolute Gasteiger partial charge is 0.496 e. The van der Waals surface area contributed by atoms with Gasteiger partial charge in [-0.3, -0.25) is 9.67 Å². The van der Waals surface area contributed by atoms with Gasteiger partial charge >= 0.3 is 0 Å². The van der Waals surface area contributed by atoms with Crippen LogP contribution in [0.4, 0.5) is 0 Å². The van der Waals surface area contributed by atoms with Gasteiger partial charge in [-0.15, -0.1) is 24.0 Å². The van der Waals surface area contributed by atoms with E-state index in [1.807, 2.05) is 50.2 Å². The highest BCUT2D eigenvalue weighted by atomic mass is 127. The smallest absolute Gasteiger partial charge is 0.193 e. The lowest BCUT2D eigenvalue weighted by molar-refractivity contribution is 0.396. The van der Waals surface area contributed by atoms with Crippen molar-refractivity contribution in [2.45, 2.75) is 19.4 Å². The number of nitrogens with one attached hydrogen (secondary N) is 1. The fraction of sp³-hybridized carbons (Fsp3) is 0.444. The Labute approximate surface area is 167 Å². The molecule has 1 N–H and O–H groups in total. The molecule has 0 bridgehead atoms. The van der Waals surface area contributed by atoms with Crippen molar-refractivity contribution in [3.8, 4) is 5.75 Å². The zero-order valence-corrected chi connectivity index (χ0v) is 17.7. The van der Waals surface area contributed by atoms with Gasteiger partial charge in [0.2, 0.25) is 0 Å². The summed E-state index contributed by atoms with van der Waals surface area (Å²) < 4.78 is 7.25. The molecule has 1 aromatic carbocycles. The van der Waals surface area contributed by atoms with Crippen LogP contribution in [0.25, 0.3) is 0 Å². The lowest BCUT2D eigenvalue weighted by Crippen LogP contribution is -2.39. The van der Waals surface area contributed by atoms with Gasteiger partial charge < -0.3 is 15.0 Å². The second kappa shape index (κ2) is 11.0. The van der Waals surface area contributed by atoms with E-state index >= 15 is 0 Å². The minimum absolute atomic E-state index is 0. The van der Waals surface area contributed by atoms with Gasteiger partial charge in [0.05, 0.1) is 13.3 Å². The molecule has 0 aliphatic rings. The number of aromatic nitrogens is 2. The second-order valence-electron chi connectivity index (χ2n) is 5.77. The summed E-state index contributed by atoms with van der Waals surface area (Å²) in [4.78, 5) is 6.46. The van der Waals surface area contributed by atoms with Crippen molar-refractivity contribution in [3.63, 3.8) is 0 Å². The molecule has 1 heterocycles. The molecule has 138 valence electrons. The molecule has 6 nitrogen and oxygen atoms in total. The van der Waals surface area contributed by atoms with E-state index in [0.717, 1.165) is 43.2 Å². The molecule has 0 aliphatic heterocycles. The van der Waals surface area contributed by atoms with Crippen molar-refractivity contribution in [2.75, 3.05) is 27.7 Å². The average molecular weight is 457 g/mol. The Morgan fingerprint density at radius 2 is 2.12 bits per heavy atom. The highest BCUT2D eigenvalue weighted by molar-refractivity contribution is 14.0. The molecule has 0 amide bonds. The molecule has 1 aromatic heterocycles. The summed E-state index contributed by atoms with van der Waals surface area (Å²) in [6, 6.07) is 8.06. The van der Waals surface area contributed by atoms with E-state index in [1.165, 1.54) is 5.56 Å². The third kappa shape index (κ3) is 6.56. The number of hydrogen-bond donors (Lipinski definition) is 1. The number of ether oxygens (including phenoxy) is 1. The number of aliphatic imine (C=N–C) groups is 1. The van der Waals surface area contributed by atoms with Gasteiger partial charge in [-0.25, -0.2) is 0 Å². The van der Waals surface area contributed by atoms with Gasteiger partial charge in [-0.2, -0.15) is 5.10 Å². The predicted octanol–water partition coefficient (Wildman–Crippen LogP) is 2.69. The van der Waals surface area contributed by atoms with Crippen molar-refractivity contribution in [3.05, 3.63) is 47.8 Å². The number of rotatable bonds is 7. The number of halogens is 1. The number of para-hydroxylation sites is 1. The van der Waals surface area contributed by atoms with Crippen LogP contribution in [0, 0.1) is 0 Å².